The van der Waals surface area contributed by atoms with Gasteiger partial charge in [0, 0.05) is 30.6 Å². The zero-order chi connectivity index (χ0) is 13.4. The van der Waals surface area contributed by atoms with Crippen LogP contribution in [-0.2, 0) is 16.0 Å². The van der Waals surface area contributed by atoms with E-state index in [9.17, 15) is 9.59 Å². The summed E-state index contributed by atoms with van der Waals surface area (Å²) in [5.74, 6) is -0.0700. The van der Waals surface area contributed by atoms with E-state index in [0.717, 1.165) is 18.5 Å². The Morgan fingerprint density at radius 1 is 1.32 bits per heavy atom. The maximum Gasteiger partial charge on any atom is 0.230 e. The Bertz CT molecular complexity index is 527. The summed E-state index contributed by atoms with van der Waals surface area (Å²) < 4.78 is 0. The number of carbonyl (C=O) groups is 2. The van der Waals surface area contributed by atoms with Gasteiger partial charge < -0.3 is 10.2 Å². The Hall–Kier alpha value is -1.84. The Kier molecular flexibility index (Phi) is 3.01. The van der Waals surface area contributed by atoms with Crippen LogP contribution in [0.25, 0.3) is 0 Å². The van der Waals surface area contributed by atoms with Gasteiger partial charge in [0.15, 0.2) is 0 Å². The van der Waals surface area contributed by atoms with E-state index in [1.165, 1.54) is 5.56 Å². The first-order chi connectivity index (χ1) is 9.16. The highest BCUT2D eigenvalue weighted by molar-refractivity contribution is 5.99. The molecule has 100 valence electrons. The van der Waals surface area contributed by atoms with Crippen LogP contribution in [0.2, 0.25) is 0 Å². The van der Waals surface area contributed by atoms with Crippen molar-refractivity contribution in [2.75, 3.05) is 11.4 Å². The maximum atomic E-state index is 12.7. The lowest BCUT2D eigenvalue weighted by Gasteiger charge is -2.29. The molecule has 0 aromatic heterocycles. The zero-order valence-electron chi connectivity index (χ0n) is 11.1. The molecule has 0 spiro atoms. The quantitative estimate of drug-likeness (QED) is 0.829. The fraction of sp³-hybridized carbons (Fsp3) is 0.467. The van der Waals surface area contributed by atoms with Crippen molar-refractivity contribution < 1.29 is 9.59 Å². The first-order valence-corrected chi connectivity index (χ1v) is 6.84. The first kappa shape index (κ1) is 12.2. The number of amides is 2. The highest BCUT2D eigenvalue weighted by atomic mass is 16.2. The van der Waals surface area contributed by atoms with Gasteiger partial charge in [-0.2, -0.15) is 0 Å². The Morgan fingerprint density at radius 2 is 2.11 bits per heavy atom. The minimum absolute atomic E-state index is 0.00950. The predicted octanol–water partition coefficient (Wildman–Crippen LogP) is 1.49. The molecular formula is C15H18N2O2. The number of hydrogen-bond donors (Lipinski definition) is 1. The minimum atomic E-state index is -0.164. The van der Waals surface area contributed by atoms with Gasteiger partial charge in [0.1, 0.15) is 0 Å². The molecule has 4 heteroatoms. The number of piperidine rings is 1. The highest BCUT2D eigenvalue weighted by Gasteiger charge is 2.36. The summed E-state index contributed by atoms with van der Waals surface area (Å²) >= 11 is 0. The molecule has 2 atom stereocenters. The zero-order valence-corrected chi connectivity index (χ0v) is 11.1. The van der Waals surface area contributed by atoms with E-state index in [1.54, 1.807) is 0 Å². The smallest absolute Gasteiger partial charge is 0.230 e. The molecule has 4 nitrogen and oxygen atoms in total. The summed E-state index contributed by atoms with van der Waals surface area (Å²) in [4.78, 5) is 26.0. The number of benzene rings is 1. The van der Waals surface area contributed by atoms with Crippen LogP contribution in [0, 0.1) is 5.92 Å². The summed E-state index contributed by atoms with van der Waals surface area (Å²) in [5, 5.41) is 2.78. The van der Waals surface area contributed by atoms with Gasteiger partial charge in [0.2, 0.25) is 11.8 Å². The Labute approximate surface area is 112 Å². The number of nitrogens with one attached hydrogen (secondary N) is 1. The van der Waals surface area contributed by atoms with Crippen molar-refractivity contribution in [1.82, 2.24) is 5.32 Å². The third kappa shape index (κ3) is 2.11. The molecule has 0 bridgehead atoms. The van der Waals surface area contributed by atoms with Crippen molar-refractivity contribution in [3.8, 4) is 0 Å². The van der Waals surface area contributed by atoms with E-state index < -0.39 is 0 Å². The van der Waals surface area contributed by atoms with Crippen molar-refractivity contribution in [2.45, 2.75) is 32.2 Å². The molecule has 2 unspecified atom stereocenters. The van der Waals surface area contributed by atoms with Crippen LogP contribution < -0.4 is 10.2 Å². The summed E-state index contributed by atoms with van der Waals surface area (Å²) in [6.07, 6.45) is 1.97. The number of para-hydroxylation sites is 1. The fourth-order valence-corrected chi connectivity index (χ4v) is 3.09. The minimum Gasteiger partial charge on any atom is -0.356 e. The first-order valence-electron chi connectivity index (χ1n) is 6.84. The molecule has 2 aliphatic rings. The Balaban J connectivity index is 1.85. The average Bonchev–Trinajstić information content (AvgIpc) is 2.74. The van der Waals surface area contributed by atoms with Crippen LogP contribution in [0.1, 0.15) is 25.3 Å². The van der Waals surface area contributed by atoms with Gasteiger partial charge in [0.05, 0.1) is 0 Å². The lowest BCUT2D eigenvalue weighted by Crippen LogP contribution is -2.45. The van der Waals surface area contributed by atoms with E-state index in [4.69, 9.17) is 0 Å². The molecule has 1 aromatic rings. The fourth-order valence-electron chi connectivity index (χ4n) is 3.09. The number of carbonyl (C=O) groups excluding carboxylic acids is 2. The molecule has 3 rings (SSSR count). The normalized spacial score (nSPS) is 25.9. The molecule has 2 amide bonds. The lowest BCUT2D eigenvalue weighted by atomic mass is 9.95. The summed E-state index contributed by atoms with van der Waals surface area (Å²) in [5.41, 5.74) is 2.24. The van der Waals surface area contributed by atoms with Gasteiger partial charge in [-0.3, -0.25) is 9.59 Å². The van der Waals surface area contributed by atoms with Crippen molar-refractivity contribution in [3.05, 3.63) is 29.8 Å². The molecule has 1 saturated heterocycles. The molecule has 1 aromatic carbocycles. The molecule has 2 heterocycles. The van der Waals surface area contributed by atoms with E-state index in [1.807, 2.05) is 23.1 Å². The second-order valence-corrected chi connectivity index (χ2v) is 5.43. The van der Waals surface area contributed by atoms with Gasteiger partial charge in [-0.25, -0.2) is 0 Å². The number of nitrogens with zero attached hydrogens (tertiary/aromatic N) is 1. The van der Waals surface area contributed by atoms with Crippen molar-refractivity contribution in [3.63, 3.8) is 0 Å². The molecule has 2 aliphatic heterocycles. The largest absolute Gasteiger partial charge is 0.356 e. The summed E-state index contributed by atoms with van der Waals surface area (Å²) in [6, 6.07) is 8.24. The monoisotopic (exact) mass is 258 g/mol. The van der Waals surface area contributed by atoms with Crippen LogP contribution in [0.15, 0.2) is 24.3 Å². The van der Waals surface area contributed by atoms with E-state index >= 15 is 0 Å². The summed E-state index contributed by atoms with van der Waals surface area (Å²) in [6.45, 7) is 2.68. The van der Waals surface area contributed by atoms with E-state index in [2.05, 4.69) is 18.3 Å². The molecule has 1 fully saturated rings. The molecule has 0 saturated carbocycles. The third-order valence-corrected chi connectivity index (χ3v) is 4.04. The lowest BCUT2D eigenvalue weighted by molar-refractivity contribution is -0.131. The molecular weight excluding hydrogens is 240 g/mol. The van der Waals surface area contributed by atoms with Gasteiger partial charge in [-0.05, 0) is 31.4 Å². The SMILES string of the molecule is CC1Cc2ccccc2N1C(=O)C1CCNC(=O)C1. The van der Waals surface area contributed by atoms with Gasteiger partial charge >= 0.3 is 0 Å². The molecule has 0 radical (unpaired) electrons. The van der Waals surface area contributed by atoms with Crippen LogP contribution in [0.5, 0.6) is 0 Å². The highest BCUT2D eigenvalue weighted by Crippen LogP contribution is 2.34. The van der Waals surface area contributed by atoms with Gasteiger partial charge in [-0.1, -0.05) is 18.2 Å². The number of fused-ring (bicyclic) bond motifs is 1. The van der Waals surface area contributed by atoms with Crippen LogP contribution >= 0.6 is 0 Å². The number of anilines is 1. The second kappa shape index (κ2) is 4.68. The number of hydrogen-bond acceptors (Lipinski definition) is 2. The maximum absolute atomic E-state index is 12.7. The summed E-state index contributed by atoms with van der Waals surface area (Å²) in [7, 11) is 0. The van der Waals surface area contributed by atoms with Crippen LogP contribution in [0.3, 0.4) is 0 Å². The van der Waals surface area contributed by atoms with Crippen LogP contribution in [-0.4, -0.2) is 24.4 Å². The standard InChI is InChI=1S/C15H18N2O2/c1-10-8-11-4-2-3-5-13(11)17(10)15(19)12-6-7-16-14(18)9-12/h2-5,10,12H,6-9H2,1H3,(H,16,18). The van der Waals surface area contributed by atoms with E-state index in [-0.39, 0.29) is 23.8 Å². The molecule has 1 N–H and O–H groups in total. The third-order valence-electron chi connectivity index (χ3n) is 4.04. The molecule has 0 aliphatic carbocycles. The van der Waals surface area contributed by atoms with Crippen molar-refractivity contribution >= 4 is 17.5 Å². The predicted molar refractivity (Wildman–Crippen MR) is 72.8 cm³/mol. The second-order valence-electron chi connectivity index (χ2n) is 5.43. The van der Waals surface area contributed by atoms with Crippen LogP contribution in [0.4, 0.5) is 5.69 Å². The van der Waals surface area contributed by atoms with Crippen molar-refractivity contribution in [1.29, 1.82) is 0 Å². The molecule has 19 heavy (non-hydrogen) atoms. The number of rotatable bonds is 1. The van der Waals surface area contributed by atoms with Gasteiger partial charge in [0.25, 0.3) is 0 Å². The topological polar surface area (TPSA) is 49.4 Å². The van der Waals surface area contributed by atoms with Gasteiger partial charge in [-0.15, -0.1) is 0 Å². The van der Waals surface area contributed by atoms with Crippen molar-refractivity contribution in [2.24, 2.45) is 5.92 Å². The Morgan fingerprint density at radius 3 is 2.89 bits per heavy atom. The average molecular weight is 258 g/mol. The van der Waals surface area contributed by atoms with E-state index in [0.29, 0.717) is 13.0 Å².